The molecule has 12 heavy (non-hydrogen) atoms. The van der Waals surface area contributed by atoms with Gasteiger partial charge in [0.05, 0.1) is 0 Å². The van der Waals surface area contributed by atoms with Crippen LogP contribution in [0.1, 0.15) is 27.7 Å². The van der Waals surface area contributed by atoms with Crippen LogP contribution in [0, 0.1) is 11.8 Å². The van der Waals surface area contributed by atoms with E-state index in [0.717, 1.165) is 11.3 Å². The molecule has 0 saturated carbocycles. The smallest absolute Gasteiger partial charge is 0.0457 e. The van der Waals surface area contributed by atoms with Crippen molar-refractivity contribution < 1.29 is 0 Å². The zero-order valence-electron chi connectivity index (χ0n) is 8.59. The zero-order valence-corrected chi connectivity index (χ0v) is 8.59. The molecular formula is C11H19N. The number of hydrogen-bond donors (Lipinski definition) is 0. The molecule has 1 heteroatoms. The van der Waals surface area contributed by atoms with Gasteiger partial charge in [-0.3, -0.25) is 4.99 Å². The van der Waals surface area contributed by atoms with Crippen molar-refractivity contribution in [2.45, 2.75) is 27.7 Å². The lowest BCUT2D eigenvalue weighted by molar-refractivity contribution is 0.532. The molecule has 0 aliphatic heterocycles. The fourth-order valence-electron chi connectivity index (χ4n) is 1.03. The van der Waals surface area contributed by atoms with Crippen LogP contribution in [0.4, 0.5) is 0 Å². The second-order valence-electron chi connectivity index (χ2n) is 3.51. The standard InChI is InChI=1S/C11H19N/c1-7-12-11(9(4)5)10(6)8(2)3/h7-8,10H,1,4H2,2-3,5-6H3. The summed E-state index contributed by atoms with van der Waals surface area (Å²) in [5, 5.41) is 0. The Bertz CT molecular complexity index is 199. The van der Waals surface area contributed by atoms with Crippen molar-refractivity contribution in [2.75, 3.05) is 0 Å². The summed E-state index contributed by atoms with van der Waals surface area (Å²) >= 11 is 0. The molecule has 0 aliphatic rings. The summed E-state index contributed by atoms with van der Waals surface area (Å²) in [4.78, 5) is 4.23. The van der Waals surface area contributed by atoms with Crippen LogP contribution >= 0.6 is 0 Å². The van der Waals surface area contributed by atoms with Gasteiger partial charge >= 0.3 is 0 Å². The van der Waals surface area contributed by atoms with Gasteiger partial charge in [0, 0.05) is 17.8 Å². The van der Waals surface area contributed by atoms with Crippen molar-refractivity contribution >= 4 is 5.71 Å². The second kappa shape index (κ2) is 4.91. The number of aliphatic imine (C=N–C) groups is 1. The van der Waals surface area contributed by atoms with Crippen LogP contribution in [0.15, 0.2) is 29.9 Å². The van der Waals surface area contributed by atoms with E-state index in [1.54, 1.807) is 6.20 Å². The summed E-state index contributed by atoms with van der Waals surface area (Å²) in [5.41, 5.74) is 2.11. The average molecular weight is 165 g/mol. The third-order valence-corrected chi connectivity index (χ3v) is 2.10. The largest absolute Gasteiger partial charge is 0.261 e. The number of nitrogens with zero attached hydrogens (tertiary/aromatic N) is 1. The van der Waals surface area contributed by atoms with Crippen molar-refractivity contribution in [1.29, 1.82) is 0 Å². The molecule has 1 unspecified atom stereocenters. The van der Waals surface area contributed by atoms with Gasteiger partial charge in [0.25, 0.3) is 0 Å². The van der Waals surface area contributed by atoms with Crippen molar-refractivity contribution in [2.24, 2.45) is 16.8 Å². The molecule has 0 radical (unpaired) electrons. The highest BCUT2D eigenvalue weighted by Gasteiger charge is 2.14. The third-order valence-electron chi connectivity index (χ3n) is 2.10. The van der Waals surface area contributed by atoms with Crippen LogP contribution in [0.25, 0.3) is 0 Å². The van der Waals surface area contributed by atoms with Gasteiger partial charge in [0.15, 0.2) is 0 Å². The Morgan fingerprint density at radius 3 is 2.08 bits per heavy atom. The summed E-state index contributed by atoms with van der Waals surface area (Å²) < 4.78 is 0. The number of allylic oxidation sites excluding steroid dienone is 1. The number of rotatable bonds is 4. The molecule has 0 heterocycles. The van der Waals surface area contributed by atoms with E-state index in [0.29, 0.717) is 11.8 Å². The molecule has 1 atom stereocenters. The molecule has 0 saturated heterocycles. The molecule has 0 spiro atoms. The predicted molar refractivity (Wildman–Crippen MR) is 56.4 cm³/mol. The van der Waals surface area contributed by atoms with Crippen LogP contribution < -0.4 is 0 Å². The van der Waals surface area contributed by atoms with Crippen molar-refractivity contribution in [1.82, 2.24) is 0 Å². The lowest BCUT2D eigenvalue weighted by Crippen LogP contribution is -2.17. The Morgan fingerprint density at radius 1 is 1.33 bits per heavy atom. The molecule has 0 aromatic heterocycles. The molecule has 0 amide bonds. The first-order valence-electron chi connectivity index (χ1n) is 4.35. The van der Waals surface area contributed by atoms with Crippen molar-refractivity contribution in [3.63, 3.8) is 0 Å². The maximum Gasteiger partial charge on any atom is 0.0457 e. The molecule has 1 nitrogen and oxygen atoms in total. The lowest BCUT2D eigenvalue weighted by Gasteiger charge is -2.17. The van der Waals surface area contributed by atoms with Crippen molar-refractivity contribution in [3.05, 3.63) is 24.9 Å². The van der Waals surface area contributed by atoms with Crippen LogP contribution in [0.2, 0.25) is 0 Å². The Labute approximate surface area is 75.9 Å². The molecule has 0 aliphatic carbocycles. The highest BCUT2D eigenvalue weighted by Crippen LogP contribution is 2.16. The maximum absolute atomic E-state index is 4.23. The first-order valence-corrected chi connectivity index (χ1v) is 4.35. The van der Waals surface area contributed by atoms with Gasteiger partial charge in [-0.05, 0) is 18.4 Å². The van der Waals surface area contributed by atoms with Gasteiger partial charge in [-0.1, -0.05) is 33.9 Å². The number of hydrogen-bond acceptors (Lipinski definition) is 1. The van der Waals surface area contributed by atoms with Gasteiger partial charge < -0.3 is 0 Å². The Balaban J connectivity index is 4.63. The topological polar surface area (TPSA) is 12.4 Å². The van der Waals surface area contributed by atoms with Crippen LogP contribution in [0.5, 0.6) is 0 Å². The first kappa shape index (κ1) is 11.2. The molecule has 0 aromatic rings. The van der Waals surface area contributed by atoms with Crippen LogP contribution in [0.3, 0.4) is 0 Å². The molecule has 0 N–H and O–H groups in total. The van der Waals surface area contributed by atoms with E-state index in [-0.39, 0.29) is 0 Å². The first-order chi connectivity index (χ1) is 5.50. The van der Waals surface area contributed by atoms with Gasteiger partial charge in [0.2, 0.25) is 0 Å². The fourth-order valence-corrected chi connectivity index (χ4v) is 1.03. The molecule has 68 valence electrons. The Hall–Kier alpha value is -0.850. The molecule has 0 aromatic carbocycles. The third kappa shape index (κ3) is 3.04. The highest BCUT2D eigenvalue weighted by atomic mass is 14.7. The van der Waals surface area contributed by atoms with E-state index >= 15 is 0 Å². The summed E-state index contributed by atoms with van der Waals surface area (Å²) in [6, 6.07) is 0. The Kier molecular flexibility index (Phi) is 4.57. The quantitative estimate of drug-likeness (QED) is 0.566. The summed E-state index contributed by atoms with van der Waals surface area (Å²) in [5.74, 6) is 1.06. The normalized spacial score (nSPS) is 14.6. The van der Waals surface area contributed by atoms with E-state index in [9.17, 15) is 0 Å². The molecule has 0 bridgehead atoms. The minimum atomic E-state index is 0.459. The van der Waals surface area contributed by atoms with E-state index < -0.39 is 0 Å². The van der Waals surface area contributed by atoms with Gasteiger partial charge in [0.1, 0.15) is 0 Å². The highest BCUT2D eigenvalue weighted by molar-refractivity contribution is 6.01. The second-order valence-corrected chi connectivity index (χ2v) is 3.51. The predicted octanol–water partition coefficient (Wildman–Crippen LogP) is 3.44. The SMILES string of the molecule is C=CN=C(C(=C)C)C(C)C(C)C. The summed E-state index contributed by atoms with van der Waals surface area (Å²) in [7, 11) is 0. The van der Waals surface area contributed by atoms with E-state index in [4.69, 9.17) is 0 Å². The van der Waals surface area contributed by atoms with Crippen LogP contribution in [-0.2, 0) is 0 Å². The van der Waals surface area contributed by atoms with Gasteiger partial charge in [-0.15, -0.1) is 0 Å². The van der Waals surface area contributed by atoms with Gasteiger partial charge in [-0.25, -0.2) is 0 Å². The Morgan fingerprint density at radius 2 is 1.83 bits per heavy atom. The minimum absolute atomic E-state index is 0.459. The summed E-state index contributed by atoms with van der Waals surface area (Å²) in [6.45, 7) is 16.0. The van der Waals surface area contributed by atoms with E-state index in [1.165, 1.54) is 0 Å². The zero-order chi connectivity index (χ0) is 9.72. The fraction of sp³-hybridized carbons (Fsp3) is 0.545. The minimum Gasteiger partial charge on any atom is -0.261 e. The molecular weight excluding hydrogens is 146 g/mol. The molecule has 0 rings (SSSR count). The van der Waals surface area contributed by atoms with Crippen LogP contribution in [-0.4, -0.2) is 5.71 Å². The van der Waals surface area contributed by atoms with Crippen molar-refractivity contribution in [3.8, 4) is 0 Å². The summed E-state index contributed by atoms with van der Waals surface area (Å²) in [6.07, 6.45) is 1.59. The lowest BCUT2D eigenvalue weighted by atomic mass is 9.90. The van der Waals surface area contributed by atoms with E-state index in [1.807, 2.05) is 6.92 Å². The maximum atomic E-state index is 4.23. The average Bonchev–Trinajstić information content (AvgIpc) is 1.98. The van der Waals surface area contributed by atoms with E-state index in [2.05, 4.69) is 38.9 Å². The monoisotopic (exact) mass is 165 g/mol. The molecule has 0 fully saturated rings. The van der Waals surface area contributed by atoms with Gasteiger partial charge in [-0.2, -0.15) is 0 Å².